The van der Waals surface area contributed by atoms with E-state index in [1.54, 1.807) is 0 Å². The molecule has 1 heteroatoms. The molecule has 0 spiro atoms. The van der Waals surface area contributed by atoms with Crippen molar-refractivity contribution in [2.24, 2.45) is 5.92 Å². The molecule has 0 N–H and O–H groups in total. The number of hydrogen-bond donors (Lipinski definition) is 0. The molecule has 0 saturated heterocycles. The molecule has 1 unspecified atom stereocenters. The van der Waals surface area contributed by atoms with Crippen molar-refractivity contribution < 1.29 is 0 Å². The van der Waals surface area contributed by atoms with E-state index >= 15 is 0 Å². The Balaban J connectivity index is 1.52. The van der Waals surface area contributed by atoms with Crippen molar-refractivity contribution in [1.29, 1.82) is 0 Å². The molecular weight excluding hydrogens is 422 g/mol. The first kappa shape index (κ1) is 22.7. The van der Waals surface area contributed by atoms with Crippen molar-refractivity contribution >= 4 is 28.7 Å². The van der Waals surface area contributed by atoms with Gasteiger partial charge in [-0.3, -0.25) is 0 Å². The van der Waals surface area contributed by atoms with Crippen LogP contribution in [-0.2, 0) is 0 Å². The summed E-state index contributed by atoms with van der Waals surface area (Å²) in [4.78, 5) is 2.32. The number of benzene rings is 4. The van der Waals surface area contributed by atoms with Crippen LogP contribution in [-0.4, -0.2) is 0 Å². The van der Waals surface area contributed by atoms with Crippen LogP contribution in [0.25, 0.3) is 11.6 Å². The maximum absolute atomic E-state index is 2.34. The molecule has 35 heavy (non-hydrogen) atoms. The summed E-state index contributed by atoms with van der Waals surface area (Å²) in [6.07, 6.45) is 12.2. The van der Waals surface area contributed by atoms with E-state index in [0.717, 1.165) is 23.5 Å². The SMILES string of the molecule is Cc1ccc(N(c2ccc(C)cc2)c2ccc(C=C(c3ccccc3)C3C=CC=CC3)cc2)cc1. The Morgan fingerprint density at radius 1 is 0.657 bits per heavy atom. The lowest BCUT2D eigenvalue weighted by Crippen LogP contribution is -2.09. The topological polar surface area (TPSA) is 3.24 Å². The zero-order chi connectivity index (χ0) is 24.0. The molecule has 0 heterocycles. The van der Waals surface area contributed by atoms with Gasteiger partial charge in [0.15, 0.2) is 0 Å². The van der Waals surface area contributed by atoms with Crippen molar-refractivity contribution in [3.63, 3.8) is 0 Å². The molecular formula is C34H31N. The lowest BCUT2D eigenvalue weighted by molar-refractivity contribution is 0.846. The average molecular weight is 454 g/mol. The maximum atomic E-state index is 2.34. The van der Waals surface area contributed by atoms with Crippen LogP contribution in [0, 0.1) is 19.8 Å². The normalized spacial score (nSPS) is 15.3. The van der Waals surface area contributed by atoms with Gasteiger partial charge in [0, 0.05) is 23.0 Å². The molecule has 0 aromatic heterocycles. The zero-order valence-electron chi connectivity index (χ0n) is 20.4. The minimum Gasteiger partial charge on any atom is -0.311 e. The lowest BCUT2D eigenvalue weighted by Gasteiger charge is -2.26. The second-order valence-electron chi connectivity index (χ2n) is 9.22. The summed E-state index contributed by atoms with van der Waals surface area (Å²) >= 11 is 0. The van der Waals surface area contributed by atoms with Gasteiger partial charge in [0.25, 0.3) is 0 Å². The van der Waals surface area contributed by atoms with Crippen LogP contribution in [0.15, 0.2) is 127 Å². The number of allylic oxidation sites excluding steroid dienone is 5. The highest BCUT2D eigenvalue weighted by Crippen LogP contribution is 2.36. The largest absolute Gasteiger partial charge is 0.311 e. The average Bonchev–Trinajstić information content (AvgIpc) is 2.91. The molecule has 1 aliphatic rings. The van der Waals surface area contributed by atoms with Crippen molar-refractivity contribution in [2.75, 3.05) is 4.90 Å². The van der Waals surface area contributed by atoms with Gasteiger partial charge in [-0.2, -0.15) is 0 Å². The molecule has 4 aromatic carbocycles. The fourth-order valence-electron chi connectivity index (χ4n) is 4.58. The van der Waals surface area contributed by atoms with E-state index in [0.29, 0.717) is 5.92 Å². The van der Waals surface area contributed by atoms with Gasteiger partial charge in [-0.1, -0.05) is 108 Å². The van der Waals surface area contributed by atoms with E-state index in [1.165, 1.54) is 27.8 Å². The van der Waals surface area contributed by atoms with Crippen molar-refractivity contribution in [1.82, 2.24) is 0 Å². The van der Waals surface area contributed by atoms with Crippen molar-refractivity contribution in [3.8, 4) is 0 Å². The standard InChI is InChI=1S/C34H31N/c1-26-13-19-31(20-14-26)35(32-21-15-27(2)16-22-32)33-23-17-28(18-24-33)25-34(29-9-5-3-6-10-29)30-11-7-4-8-12-30/h3-11,13-25,30H,12H2,1-2H3. The van der Waals surface area contributed by atoms with E-state index < -0.39 is 0 Å². The fourth-order valence-corrected chi connectivity index (χ4v) is 4.58. The third-order valence-electron chi connectivity index (χ3n) is 6.55. The minimum atomic E-state index is 0.388. The number of nitrogens with zero attached hydrogens (tertiary/aromatic N) is 1. The molecule has 172 valence electrons. The van der Waals surface area contributed by atoms with E-state index in [-0.39, 0.29) is 0 Å². The second-order valence-corrected chi connectivity index (χ2v) is 9.22. The molecule has 1 nitrogen and oxygen atoms in total. The maximum Gasteiger partial charge on any atom is 0.0462 e. The van der Waals surface area contributed by atoms with Gasteiger partial charge in [-0.25, -0.2) is 0 Å². The molecule has 0 saturated carbocycles. The van der Waals surface area contributed by atoms with Crippen LogP contribution < -0.4 is 4.90 Å². The van der Waals surface area contributed by atoms with Crippen molar-refractivity contribution in [3.05, 3.63) is 150 Å². The molecule has 5 rings (SSSR count). The smallest absolute Gasteiger partial charge is 0.0462 e. The first-order chi connectivity index (χ1) is 17.2. The van der Waals surface area contributed by atoms with Crippen LogP contribution in [0.2, 0.25) is 0 Å². The Morgan fingerprint density at radius 2 is 1.20 bits per heavy atom. The van der Waals surface area contributed by atoms with E-state index in [2.05, 4.69) is 152 Å². The Morgan fingerprint density at radius 3 is 1.71 bits per heavy atom. The number of aryl methyl sites for hydroxylation is 2. The highest BCUT2D eigenvalue weighted by Gasteiger charge is 2.15. The number of rotatable bonds is 6. The van der Waals surface area contributed by atoms with Gasteiger partial charge in [-0.05, 0) is 73.4 Å². The number of hydrogen-bond acceptors (Lipinski definition) is 1. The number of anilines is 3. The molecule has 0 amide bonds. The Hall–Kier alpha value is -4.10. The Labute approximate surface area is 209 Å². The van der Waals surface area contributed by atoms with Crippen LogP contribution in [0.1, 0.15) is 28.7 Å². The van der Waals surface area contributed by atoms with Crippen LogP contribution in [0.4, 0.5) is 17.1 Å². The van der Waals surface area contributed by atoms with Gasteiger partial charge in [0.05, 0.1) is 0 Å². The van der Waals surface area contributed by atoms with Crippen LogP contribution in [0.5, 0.6) is 0 Å². The molecule has 0 radical (unpaired) electrons. The van der Waals surface area contributed by atoms with Crippen LogP contribution >= 0.6 is 0 Å². The molecule has 0 fully saturated rings. The molecule has 1 atom stereocenters. The van der Waals surface area contributed by atoms with Gasteiger partial charge >= 0.3 is 0 Å². The third kappa shape index (κ3) is 5.36. The Kier molecular flexibility index (Phi) is 6.77. The molecule has 0 bridgehead atoms. The monoisotopic (exact) mass is 453 g/mol. The summed E-state index contributed by atoms with van der Waals surface area (Å²) in [5, 5.41) is 0. The predicted octanol–water partition coefficient (Wildman–Crippen LogP) is 9.45. The summed E-state index contributed by atoms with van der Waals surface area (Å²) in [6.45, 7) is 4.26. The highest BCUT2D eigenvalue weighted by atomic mass is 15.1. The first-order valence-electron chi connectivity index (χ1n) is 12.3. The van der Waals surface area contributed by atoms with Crippen molar-refractivity contribution in [2.45, 2.75) is 20.3 Å². The second kappa shape index (κ2) is 10.4. The summed E-state index contributed by atoms with van der Waals surface area (Å²) < 4.78 is 0. The Bertz CT molecular complexity index is 1290. The molecule has 1 aliphatic carbocycles. The molecule has 4 aromatic rings. The predicted molar refractivity (Wildman–Crippen MR) is 151 cm³/mol. The van der Waals surface area contributed by atoms with E-state index in [9.17, 15) is 0 Å². The van der Waals surface area contributed by atoms with Gasteiger partial charge in [0.2, 0.25) is 0 Å². The summed E-state index contributed by atoms with van der Waals surface area (Å²) in [5.74, 6) is 0.388. The fraction of sp³-hybridized carbons (Fsp3) is 0.118. The van der Waals surface area contributed by atoms with Gasteiger partial charge < -0.3 is 4.90 Å². The third-order valence-corrected chi connectivity index (χ3v) is 6.55. The van der Waals surface area contributed by atoms with E-state index in [1.807, 2.05) is 0 Å². The highest BCUT2D eigenvalue weighted by molar-refractivity contribution is 5.85. The quantitative estimate of drug-likeness (QED) is 0.263. The minimum absolute atomic E-state index is 0.388. The van der Waals surface area contributed by atoms with Crippen LogP contribution in [0.3, 0.4) is 0 Å². The van der Waals surface area contributed by atoms with Gasteiger partial charge in [-0.15, -0.1) is 0 Å². The summed E-state index contributed by atoms with van der Waals surface area (Å²) in [7, 11) is 0. The molecule has 0 aliphatic heterocycles. The first-order valence-corrected chi connectivity index (χ1v) is 12.3. The van der Waals surface area contributed by atoms with Gasteiger partial charge in [0.1, 0.15) is 0 Å². The summed E-state index contributed by atoms with van der Waals surface area (Å²) in [5.41, 5.74) is 9.84. The zero-order valence-corrected chi connectivity index (χ0v) is 20.4. The summed E-state index contributed by atoms with van der Waals surface area (Å²) in [6, 6.07) is 37.1. The lowest BCUT2D eigenvalue weighted by atomic mass is 9.86. The van der Waals surface area contributed by atoms with E-state index in [4.69, 9.17) is 0 Å².